The van der Waals surface area contributed by atoms with Crippen LogP contribution in [0.3, 0.4) is 0 Å². The van der Waals surface area contributed by atoms with Crippen LogP contribution in [0, 0.1) is 0 Å². The van der Waals surface area contributed by atoms with Crippen molar-refractivity contribution in [2.24, 2.45) is 4.99 Å². The molecule has 0 radical (unpaired) electrons. The highest BCUT2D eigenvalue weighted by Gasteiger charge is 2.16. The van der Waals surface area contributed by atoms with E-state index in [-0.39, 0.29) is 6.79 Å². The Morgan fingerprint density at radius 1 is 1.00 bits per heavy atom. The summed E-state index contributed by atoms with van der Waals surface area (Å²) in [5.74, 6) is 1.82. The number of hydrogen-bond donors (Lipinski definition) is 0. The zero-order chi connectivity index (χ0) is 20.0. The van der Waals surface area contributed by atoms with Gasteiger partial charge in [-0.25, -0.2) is 4.98 Å². The van der Waals surface area contributed by atoms with Crippen LogP contribution in [0.4, 0.5) is 5.69 Å². The minimum atomic E-state index is 0.226. The van der Waals surface area contributed by atoms with Gasteiger partial charge in [0.1, 0.15) is 5.52 Å². The molecule has 0 unspecified atom stereocenters. The number of aromatic nitrogens is 1. The molecule has 1 aromatic heterocycles. The molecule has 29 heavy (non-hydrogen) atoms. The number of fused-ring (bicyclic) bond motifs is 2. The van der Waals surface area contributed by atoms with Gasteiger partial charge < -0.3 is 13.9 Å². The van der Waals surface area contributed by atoms with E-state index in [0.29, 0.717) is 44.1 Å². The molecule has 8 heteroatoms. The number of ether oxygens (including phenoxy) is 2. The lowest BCUT2D eigenvalue weighted by atomic mass is 10.2. The molecule has 0 saturated heterocycles. The Morgan fingerprint density at radius 2 is 1.83 bits per heavy atom. The largest absolute Gasteiger partial charge is 0.454 e. The lowest BCUT2D eigenvalue weighted by Gasteiger charge is -2.01. The Morgan fingerprint density at radius 3 is 2.69 bits per heavy atom. The minimum Gasteiger partial charge on any atom is -0.454 e. The molecule has 4 aromatic rings. The molecule has 2 heterocycles. The highest BCUT2D eigenvalue weighted by molar-refractivity contribution is 9.10. The van der Waals surface area contributed by atoms with Crippen LogP contribution in [0.1, 0.15) is 5.56 Å². The summed E-state index contributed by atoms with van der Waals surface area (Å²) < 4.78 is 17.5. The molecule has 5 nitrogen and oxygen atoms in total. The Hall–Kier alpha value is -2.54. The summed E-state index contributed by atoms with van der Waals surface area (Å²) >= 11 is 15.9. The van der Waals surface area contributed by atoms with E-state index in [1.807, 2.05) is 30.3 Å². The van der Waals surface area contributed by atoms with Crippen molar-refractivity contribution < 1.29 is 13.9 Å². The molecule has 3 aromatic carbocycles. The maximum absolute atomic E-state index is 6.26. The van der Waals surface area contributed by atoms with E-state index in [1.54, 1.807) is 24.4 Å². The molecule has 0 spiro atoms. The molecule has 0 fully saturated rings. The van der Waals surface area contributed by atoms with Crippen LogP contribution in [0.25, 0.3) is 22.6 Å². The highest BCUT2D eigenvalue weighted by Crippen LogP contribution is 2.37. The first-order valence-corrected chi connectivity index (χ1v) is 10.1. The molecule has 0 bridgehead atoms. The Bertz CT molecular complexity index is 1290. The fraction of sp³-hybridized carbons (Fsp3) is 0.0476. The van der Waals surface area contributed by atoms with Crippen LogP contribution >= 0.6 is 39.1 Å². The summed E-state index contributed by atoms with van der Waals surface area (Å²) in [7, 11) is 0. The molecule has 1 aliphatic rings. The molecule has 0 aliphatic carbocycles. The van der Waals surface area contributed by atoms with Gasteiger partial charge in [0.15, 0.2) is 17.1 Å². The predicted molar refractivity (Wildman–Crippen MR) is 117 cm³/mol. The minimum absolute atomic E-state index is 0.226. The monoisotopic (exact) mass is 488 g/mol. The number of rotatable bonds is 3. The summed E-state index contributed by atoms with van der Waals surface area (Å²) in [6, 6.07) is 14.4. The summed E-state index contributed by atoms with van der Waals surface area (Å²) in [5, 5.41) is 1.08. The smallest absolute Gasteiger partial charge is 0.231 e. The molecule has 0 saturated carbocycles. The fourth-order valence-electron chi connectivity index (χ4n) is 2.95. The number of oxazole rings is 1. The van der Waals surface area contributed by atoms with Crippen molar-refractivity contribution in [3.8, 4) is 23.0 Å². The van der Waals surface area contributed by atoms with Crippen molar-refractivity contribution in [3.05, 3.63) is 68.6 Å². The molecule has 0 N–H and O–H groups in total. The summed E-state index contributed by atoms with van der Waals surface area (Å²) in [6.07, 6.45) is 1.75. The molecule has 5 rings (SSSR count). The second-order valence-electron chi connectivity index (χ2n) is 6.28. The SMILES string of the molecule is Clc1ccc(Cl)c(-c2nc3cc(N=Cc4cc5c(cc4Br)OCO5)ccc3o2)c1. The molecular formula is C21H11BrCl2N2O3. The van der Waals surface area contributed by atoms with Crippen molar-refractivity contribution in [1.29, 1.82) is 0 Å². The van der Waals surface area contributed by atoms with Crippen LogP contribution < -0.4 is 9.47 Å². The van der Waals surface area contributed by atoms with Gasteiger partial charge in [0.25, 0.3) is 0 Å². The maximum Gasteiger partial charge on any atom is 0.231 e. The first kappa shape index (κ1) is 18.5. The average Bonchev–Trinajstić information content (AvgIpc) is 3.33. The molecule has 0 amide bonds. The van der Waals surface area contributed by atoms with Crippen LogP contribution in [0.2, 0.25) is 10.0 Å². The van der Waals surface area contributed by atoms with Gasteiger partial charge in [-0.05, 0) is 64.5 Å². The van der Waals surface area contributed by atoms with Gasteiger partial charge in [-0.3, -0.25) is 4.99 Å². The molecule has 1 aliphatic heterocycles. The van der Waals surface area contributed by atoms with Gasteiger partial charge in [0.2, 0.25) is 12.7 Å². The van der Waals surface area contributed by atoms with Gasteiger partial charge in [-0.15, -0.1) is 0 Å². The number of hydrogen-bond acceptors (Lipinski definition) is 5. The topological polar surface area (TPSA) is 56.9 Å². The number of aliphatic imine (C=N–C) groups is 1. The first-order chi connectivity index (χ1) is 14.1. The Labute approximate surface area is 184 Å². The number of nitrogens with zero attached hydrogens (tertiary/aromatic N) is 2. The number of benzene rings is 3. The van der Waals surface area contributed by atoms with E-state index in [9.17, 15) is 0 Å². The van der Waals surface area contributed by atoms with E-state index >= 15 is 0 Å². The second-order valence-corrected chi connectivity index (χ2v) is 7.98. The van der Waals surface area contributed by atoms with E-state index in [1.165, 1.54) is 0 Å². The second kappa shape index (κ2) is 7.37. The first-order valence-electron chi connectivity index (χ1n) is 8.56. The zero-order valence-corrected chi connectivity index (χ0v) is 17.8. The van der Waals surface area contributed by atoms with Gasteiger partial charge >= 0.3 is 0 Å². The van der Waals surface area contributed by atoms with Crippen molar-refractivity contribution in [3.63, 3.8) is 0 Å². The van der Waals surface area contributed by atoms with Crippen LogP contribution in [-0.4, -0.2) is 18.0 Å². The lowest BCUT2D eigenvalue weighted by Crippen LogP contribution is -1.92. The quantitative estimate of drug-likeness (QED) is 0.289. The molecule has 144 valence electrons. The summed E-state index contributed by atoms with van der Waals surface area (Å²) in [5.41, 5.74) is 3.57. The highest BCUT2D eigenvalue weighted by atomic mass is 79.9. The zero-order valence-electron chi connectivity index (χ0n) is 14.7. The third-order valence-electron chi connectivity index (χ3n) is 4.37. The third kappa shape index (κ3) is 3.59. The molecule has 0 atom stereocenters. The van der Waals surface area contributed by atoms with Crippen molar-refractivity contribution >= 4 is 62.1 Å². The van der Waals surface area contributed by atoms with E-state index in [2.05, 4.69) is 25.9 Å². The predicted octanol–water partition coefficient (Wildman–Crippen LogP) is 7.04. The van der Waals surface area contributed by atoms with Gasteiger partial charge in [-0.1, -0.05) is 23.2 Å². The normalized spacial score (nSPS) is 12.9. The van der Waals surface area contributed by atoms with Gasteiger partial charge in [0.05, 0.1) is 16.3 Å². The van der Waals surface area contributed by atoms with Crippen LogP contribution in [0.15, 0.2) is 62.4 Å². The lowest BCUT2D eigenvalue weighted by molar-refractivity contribution is 0.174. The van der Waals surface area contributed by atoms with E-state index in [0.717, 1.165) is 15.7 Å². The fourth-order valence-corrected chi connectivity index (χ4v) is 3.74. The van der Waals surface area contributed by atoms with Crippen molar-refractivity contribution in [1.82, 2.24) is 4.98 Å². The maximum atomic E-state index is 6.26. The Kier molecular flexibility index (Phi) is 4.70. The van der Waals surface area contributed by atoms with Gasteiger partial charge in [-0.2, -0.15) is 0 Å². The standard InChI is InChI=1S/C21H11BrCl2N2O3/c22-15-8-20-19(27-10-28-20)5-11(15)9-25-13-2-4-18-17(7-13)26-21(29-18)14-6-12(23)1-3-16(14)24/h1-9H,10H2. The van der Waals surface area contributed by atoms with Crippen LogP contribution in [0.5, 0.6) is 11.5 Å². The molecular weight excluding hydrogens is 479 g/mol. The third-order valence-corrected chi connectivity index (χ3v) is 5.63. The Balaban J connectivity index is 1.48. The summed E-state index contributed by atoms with van der Waals surface area (Å²) in [4.78, 5) is 9.08. The van der Waals surface area contributed by atoms with E-state index in [4.69, 9.17) is 37.1 Å². The number of halogens is 3. The van der Waals surface area contributed by atoms with E-state index < -0.39 is 0 Å². The van der Waals surface area contributed by atoms with Gasteiger partial charge in [0, 0.05) is 21.3 Å². The summed E-state index contributed by atoms with van der Waals surface area (Å²) in [6.45, 7) is 0.226. The van der Waals surface area contributed by atoms with Crippen LogP contribution in [-0.2, 0) is 0 Å². The average molecular weight is 490 g/mol. The van der Waals surface area contributed by atoms with Crippen molar-refractivity contribution in [2.45, 2.75) is 0 Å². The van der Waals surface area contributed by atoms with Crippen molar-refractivity contribution in [2.75, 3.05) is 6.79 Å².